The third kappa shape index (κ3) is 4.94. The fourth-order valence-corrected chi connectivity index (χ4v) is 4.83. The predicted octanol–water partition coefficient (Wildman–Crippen LogP) is 2.63. The average molecular weight is 452 g/mol. The first-order valence-corrected chi connectivity index (χ1v) is 11.7. The summed E-state index contributed by atoms with van der Waals surface area (Å²) >= 11 is 5.98. The topological polar surface area (TPSA) is 86.8 Å². The summed E-state index contributed by atoms with van der Waals surface area (Å²) < 4.78 is 28.3. The number of benzene rings is 2. The number of likely N-dealkylation sites (tertiary alicyclic amines) is 1. The average Bonchev–Trinajstić information content (AvgIpc) is 2.69. The zero-order valence-electron chi connectivity index (χ0n) is 17.3. The monoisotopic (exact) mass is 451 g/mol. The molecule has 162 valence electrons. The van der Waals surface area contributed by atoms with Crippen molar-refractivity contribution in [1.82, 2.24) is 14.5 Å². The van der Waals surface area contributed by atoms with Gasteiger partial charge in [0.05, 0.1) is 11.4 Å². The minimum absolute atomic E-state index is 0.0227. The van der Waals surface area contributed by atoms with Gasteiger partial charge in [0, 0.05) is 24.7 Å². The van der Waals surface area contributed by atoms with Gasteiger partial charge >= 0.3 is 0 Å². The fraction of sp³-hybridized carbons (Fsp3) is 0.429. The molecular weight excluding hydrogens is 426 g/mol. The third-order valence-electron chi connectivity index (χ3n) is 5.41. The van der Waals surface area contributed by atoms with Crippen LogP contribution in [0.3, 0.4) is 0 Å². The lowest BCUT2D eigenvalue weighted by Crippen LogP contribution is -2.54. The lowest BCUT2D eigenvalue weighted by molar-refractivity contribution is -0.143. The van der Waals surface area contributed by atoms with Gasteiger partial charge in [0.15, 0.2) is 0 Å². The van der Waals surface area contributed by atoms with Crippen LogP contribution in [0.4, 0.5) is 0 Å². The standard InChI is InChI=1S/C21H26ClN3O4S/c1-14(2)24(3)20(26)13-25-10-4-5-19(21(25)27)23-30(28,29)18-9-7-15-11-17(22)8-6-16(15)12-18/h6-9,11-12,14,19,23H,4-5,10,13H2,1-3H3. The van der Waals surface area contributed by atoms with E-state index in [1.54, 1.807) is 42.3 Å². The Morgan fingerprint density at radius 3 is 2.60 bits per heavy atom. The van der Waals surface area contributed by atoms with E-state index in [1.807, 2.05) is 13.8 Å². The van der Waals surface area contributed by atoms with Gasteiger partial charge in [-0.05, 0) is 61.7 Å². The van der Waals surface area contributed by atoms with Gasteiger partial charge in [-0.25, -0.2) is 8.42 Å². The van der Waals surface area contributed by atoms with E-state index in [9.17, 15) is 18.0 Å². The number of hydrogen-bond acceptors (Lipinski definition) is 4. The van der Waals surface area contributed by atoms with Crippen molar-refractivity contribution >= 4 is 44.2 Å². The van der Waals surface area contributed by atoms with Gasteiger partial charge in [0.2, 0.25) is 21.8 Å². The first-order valence-electron chi connectivity index (χ1n) is 9.84. The van der Waals surface area contributed by atoms with Crippen LogP contribution in [0.1, 0.15) is 26.7 Å². The predicted molar refractivity (Wildman–Crippen MR) is 117 cm³/mol. The first-order chi connectivity index (χ1) is 14.1. The number of fused-ring (bicyclic) bond motifs is 1. The Kier molecular flexibility index (Phi) is 6.69. The Balaban J connectivity index is 1.75. The Morgan fingerprint density at radius 2 is 1.90 bits per heavy atom. The molecule has 1 N–H and O–H groups in total. The second kappa shape index (κ2) is 8.91. The molecule has 7 nitrogen and oxygen atoms in total. The van der Waals surface area contributed by atoms with Crippen molar-refractivity contribution in [2.75, 3.05) is 20.1 Å². The van der Waals surface area contributed by atoms with Crippen molar-refractivity contribution in [2.24, 2.45) is 0 Å². The highest BCUT2D eigenvalue weighted by molar-refractivity contribution is 7.89. The molecule has 30 heavy (non-hydrogen) atoms. The van der Waals surface area contributed by atoms with Crippen molar-refractivity contribution < 1.29 is 18.0 Å². The summed E-state index contributed by atoms with van der Waals surface area (Å²) in [6, 6.07) is 9.08. The van der Waals surface area contributed by atoms with Crippen LogP contribution in [0.15, 0.2) is 41.3 Å². The van der Waals surface area contributed by atoms with Crippen LogP contribution in [-0.2, 0) is 19.6 Å². The maximum absolute atomic E-state index is 12.9. The molecule has 0 radical (unpaired) electrons. The van der Waals surface area contributed by atoms with E-state index in [0.717, 1.165) is 10.8 Å². The van der Waals surface area contributed by atoms with Gasteiger partial charge in [-0.15, -0.1) is 0 Å². The number of piperidine rings is 1. The lowest BCUT2D eigenvalue weighted by atomic mass is 10.1. The maximum atomic E-state index is 12.9. The number of nitrogens with zero attached hydrogens (tertiary/aromatic N) is 2. The Morgan fingerprint density at radius 1 is 1.23 bits per heavy atom. The second-order valence-electron chi connectivity index (χ2n) is 7.83. The molecule has 3 rings (SSSR count). The molecule has 0 bridgehead atoms. The van der Waals surface area contributed by atoms with Gasteiger partial charge in [-0.1, -0.05) is 23.7 Å². The molecule has 0 aromatic heterocycles. The van der Waals surface area contributed by atoms with Crippen LogP contribution < -0.4 is 4.72 Å². The quantitative estimate of drug-likeness (QED) is 0.731. The number of carbonyl (C=O) groups excluding carboxylic acids is 2. The molecule has 9 heteroatoms. The molecule has 0 saturated carbocycles. The molecule has 0 aliphatic carbocycles. The summed E-state index contributed by atoms with van der Waals surface area (Å²) in [5, 5.41) is 2.14. The summed E-state index contributed by atoms with van der Waals surface area (Å²) in [7, 11) is -2.21. The van der Waals surface area contributed by atoms with Crippen molar-refractivity contribution in [1.29, 1.82) is 0 Å². The number of rotatable bonds is 6. The summed E-state index contributed by atoms with van der Waals surface area (Å²) in [6.45, 7) is 4.17. The summed E-state index contributed by atoms with van der Waals surface area (Å²) in [4.78, 5) is 28.3. The van der Waals surface area contributed by atoms with E-state index >= 15 is 0 Å². The molecule has 1 unspecified atom stereocenters. The number of amides is 2. The van der Waals surface area contributed by atoms with Crippen LogP contribution in [0.2, 0.25) is 5.02 Å². The molecule has 1 aliphatic heterocycles. The SMILES string of the molecule is CC(C)N(C)C(=O)CN1CCCC(NS(=O)(=O)c2ccc3cc(Cl)ccc3c2)C1=O. The van der Waals surface area contributed by atoms with E-state index in [1.165, 1.54) is 11.0 Å². The van der Waals surface area contributed by atoms with E-state index < -0.39 is 16.1 Å². The molecule has 2 amide bonds. The van der Waals surface area contributed by atoms with Gasteiger partial charge < -0.3 is 9.80 Å². The normalized spacial score (nSPS) is 17.6. The summed E-state index contributed by atoms with van der Waals surface area (Å²) in [5.74, 6) is -0.544. The zero-order chi connectivity index (χ0) is 22.1. The minimum Gasteiger partial charge on any atom is -0.342 e. The lowest BCUT2D eigenvalue weighted by Gasteiger charge is -2.33. The number of likely N-dealkylation sites (N-methyl/N-ethyl adjacent to an activating group) is 1. The highest BCUT2D eigenvalue weighted by Crippen LogP contribution is 2.23. The van der Waals surface area contributed by atoms with Crippen LogP contribution in [0.25, 0.3) is 10.8 Å². The molecular formula is C21H26ClN3O4S. The molecule has 1 atom stereocenters. The van der Waals surface area contributed by atoms with Crippen molar-refractivity contribution in [3.63, 3.8) is 0 Å². The van der Waals surface area contributed by atoms with Crippen molar-refractivity contribution in [3.8, 4) is 0 Å². The van der Waals surface area contributed by atoms with Crippen LogP contribution in [0.5, 0.6) is 0 Å². The Labute approximate surface area is 182 Å². The first kappa shape index (κ1) is 22.5. The number of carbonyl (C=O) groups is 2. The molecule has 1 heterocycles. The molecule has 2 aromatic rings. The van der Waals surface area contributed by atoms with Gasteiger partial charge in [-0.2, -0.15) is 4.72 Å². The number of nitrogens with one attached hydrogen (secondary N) is 1. The maximum Gasteiger partial charge on any atom is 0.242 e. The van der Waals surface area contributed by atoms with Crippen LogP contribution in [0, 0.1) is 0 Å². The molecule has 1 saturated heterocycles. The van der Waals surface area contributed by atoms with Gasteiger partial charge in [-0.3, -0.25) is 9.59 Å². The highest BCUT2D eigenvalue weighted by Gasteiger charge is 2.33. The molecule has 0 spiro atoms. The fourth-order valence-electron chi connectivity index (χ4n) is 3.39. The second-order valence-corrected chi connectivity index (χ2v) is 9.98. The number of hydrogen-bond donors (Lipinski definition) is 1. The Hall–Kier alpha value is -2.16. The van der Waals surface area contributed by atoms with Crippen LogP contribution in [-0.4, -0.2) is 62.3 Å². The van der Waals surface area contributed by atoms with E-state index in [2.05, 4.69) is 4.72 Å². The van der Waals surface area contributed by atoms with Gasteiger partial charge in [0.25, 0.3) is 0 Å². The van der Waals surface area contributed by atoms with Crippen molar-refractivity contribution in [2.45, 2.75) is 43.7 Å². The number of sulfonamides is 1. The largest absolute Gasteiger partial charge is 0.342 e. The third-order valence-corrected chi connectivity index (χ3v) is 7.11. The number of halogens is 1. The zero-order valence-corrected chi connectivity index (χ0v) is 18.8. The highest BCUT2D eigenvalue weighted by atomic mass is 35.5. The Bertz CT molecular complexity index is 1070. The molecule has 1 fully saturated rings. The van der Waals surface area contributed by atoms with Gasteiger partial charge in [0.1, 0.15) is 6.04 Å². The van der Waals surface area contributed by atoms with E-state index in [4.69, 9.17) is 11.6 Å². The van der Waals surface area contributed by atoms with Crippen LogP contribution >= 0.6 is 11.6 Å². The van der Waals surface area contributed by atoms with E-state index in [0.29, 0.717) is 24.4 Å². The summed E-state index contributed by atoms with van der Waals surface area (Å²) in [5.41, 5.74) is 0. The molecule has 1 aliphatic rings. The smallest absolute Gasteiger partial charge is 0.242 e. The van der Waals surface area contributed by atoms with Crippen molar-refractivity contribution in [3.05, 3.63) is 41.4 Å². The molecule has 2 aromatic carbocycles. The minimum atomic E-state index is -3.90. The van der Waals surface area contributed by atoms with E-state index in [-0.39, 0.29) is 29.3 Å². The summed E-state index contributed by atoms with van der Waals surface area (Å²) in [6.07, 6.45) is 1.01.